The largest absolute Gasteiger partial charge is 0.481 e. The van der Waals surface area contributed by atoms with Crippen LogP contribution in [0.2, 0.25) is 0 Å². The highest BCUT2D eigenvalue weighted by molar-refractivity contribution is 5.66. The molecule has 0 bridgehead atoms. The molecule has 0 aromatic heterocycles. The van der Waals surface area contributed by atoms with Gasteiger partial charge in [-0.1, -0.05) is 20.8 Å². The maximum atomic E-state index is 11.6. The van der Waals surface area contributed by atoms with Crippen LogP contribution >= 0.6 is 0 Å². The maximum absolute atomic E-state index is 11.6. The molecule has 0 aromatic carbocycles. The average Bonchev–Trinajstić information content (AvgIpc) is 3.06. The third-order valence-corrected chi connectivity index (χ3v) is 10.8. The summed E-state index contributed by atoms with van der Waals surface area (Å²) in [5.41, 5.74) is -0.0583. The lowest BCUT2D eigenvalue weighted by atomic mass is 9.43. The second kappa shape index (κ2) is 8.85. The van der Waals surface area contributed by atoms with E-state index in [1.807, 2.05) is 0 Å². The van der Waals surface area contributed by atoms with Crippen LogP contribution in [-0.2, 0) is 9.53 Å². The van der Waals surface area contributed by atoms with Gasteiger partial charge in [-0.25, -0.2) is 0 Å². The number of carbonyl (C=O) groups is 1. The number of aliphatic hydroxyl groups is 2. The summed E-state index contributed by atoms with van der Waals surface area (Å²) in [6.07, 6.45) is 7.68. The molecule has 0 heterocycles. The van der Waals surface area contributed by atoms with Crippen molar-refractivity contribution in [3.63, 3.8) is 0 Å². The van der Waals surface area contributed by atoms with Gasteiger partial charge in [0.25, 0.3) is 0 Å². The van der Waals surface area contributed by atoms with Crippen LogP contribution < -0.4 is 0 Å². The number of carboxylic acid groups (broad SMARTS) is 1. The molecule has 0 aromatic rings. The summed E-state index contributed by atoms with van der Waals surface area (Å²) in [6, 6.07) is 0. The Bertz CT molecular complexity index is 694. The van der Waals surface area contributed by atoms with E-state index in [4.69, 9.17) is 9.84 Å². The number of rotatable bonds is 6. The molecule has 11 unspecified atom stereocenters. The zero-order chi connectivity index (χ0) is 23.4. The molecule has 4 rings (SSSR count). The standard InChI is InChI=1S/C27H46O5/c1-15(2)32-18-10-11-26(4)17(12-18)13-22(28)25-20-8-7-19(16(3)6-9-24(30)31)27(20,5)23(29)14-21(25)26/h15-23,25,28-29H,6-14H2,1-5H3,(H,30,31). The van der Waals surface area contributed by atoms with Crippen LogP contribution in [0.3, 0.4) is 0 Å². The molecule has 5 nitrogen and oxygen atoms in total. The normalized spacial score (nSPS) is 49.2. The van der Waals surface area contributed by atoms with Crippen LogP contribution in [-0.4, -0.2) is 45.7 Å². The van der Waals surface area contributed by atoms with Gasteiger partial charge in [0, 0.05) is 6.42 Å². The highest BCUT2D eigenvalue weighted by Crippen LogP contribution is 2.68. The fourth-order valence-corrected chi connectivity index (χ4v) is 9.18. The van der Waals surface area contributed by atoms with Crippen LogP contribution in [0.1, 0.15) is 92.4 Å². The molecule has 0 radical (unpaired) electrons. The fourth-order valence-electron chi connectivity index (χ4n) is 9.18. The molecular weight excluding hydrogens is 404 g/mol. The smallest absolute Gasteiger partial charge is 0.303 e. The van der Waals surface area contributed by atoms with E-state index in [-0.39, 0.29) is 47.4 Å². The highest BCUT2D eigenvalue weighted by atomic mass is 16.5. The van der Waals surface area contributed by atoms with Gasteiger partial charge in [0.15, 0.2) is 0 Å². The zero-order valence-corrected chi connectivity index (χ0v) is 20.8. The van der Waals surface area contributed by atoms with Gasteiger partial charge in [-0.2, -0.15) is 0 Å². The summed E-state index contributed by atoms with van der Waals surface area (Å²) < 4.78 is 6.17. The maximum Gasteiger partial charge on any atom is 0.303 e. The molecule has 0 amide bonds. The van der Waals surface area contributed by atoms with Crippen molar-refractivity contribution in [1.82, 2.24) is 0 Å². The van der Waals surface area contributed by atoms with Crippen molar-refractivity contribution in [2.75, 3.05) is 0 Å². The summed E-state index contributed by atoms with van der Waals surface area (Å²) in [5.74, 6) is 1.27. The van der Waals surface area contributed by atoms with Crippen LogP contribution in [0.4, 0.5) is 0 Å². The van der Waals surface area contributed by atoms with E-state index in [9.17, 15) is 15.0 Å². The lowest BCUT2D eigenvalue weighted by Crippen LogP contribution is -2.62. The molecule has 4 saturated carbocycles. The summed E-state index contributed by atoms with van der Waals surface area (Å²) in [7, 11) is 0. The van der Waals surface area contributed by atoms with Crippen LogP contribution in [0.25, 0.3) is 0 Å². The van der Waals surface area contributed by atoms with Crippen molar-refractivity contribution < 1.29 is 24.9 Å². The molecule has 4 aliphatic carbocycles. The Morgan fingerprint density at radius 2 is 1.75 bits per heavy atom. The number of ether oxygens (including phenoxy) is 1. The average molecular weight is 451 g/mol. The SMILES string of the molecule is CC(C)OC1CCC2(C)C(C1)CC(O)C1C2CC(O)C2(C)C(C(C)CCC(=O)O)CCC12. The fraction of sp³-hybridized carbons (Fsp3) is 0.963. The quantitative estimate of drug-likeness (QED) is 0.537. The van der Waals surface area contributed by atoms with Gasteiger partial charge in [0.05, 0.1) is 24.4 Å². The molecule has 0 spiro atoms. The van der Waals surface area contributed by atoms with Crippen molar-refractivity contribution >= 4 is 5.97 Å². The lowest BCUT2D eigenvalue weighted by Gasteiger charge is -2.63. The zero-order valence-electron chi connectivity index (χ0n) is 20.8. The minimum atomic E-state index is -0.737. The molecule has 3 N–H and O–H groups in total. The number of carboxylic acids is 1. The van der Waals surface area contributed by atoms with E-state index < -0.39 is 5.97 Å². The van der Waals surface area contributed by atoms with Crippen molar-refractivity contribution in [1.29, 1.82) is 0 Å². The van der Waals surface area contributed by atoms with Gasteiger partial charge in [-0.3, -0.25) is 4.79 Å². The molecule has 0 aliphatic heterocycles. The second-order valence-corrected chi connectivity index (χ2v) is 12.6. The van der Waals surface area contributed by atoms with Gasteiger partial charge < -0.3 is 20.1 Å². The Morgan fingerprint density at radius 1 is 1.03 bits per heavy atom. The molecule has 32 heavy (non-hydrogen) atoms. The van der Waals surface area contributed by atoms with Crippen LogP contribution in [0, 0.1) is 46.3 Å². The molecule has 4 aliphatic rings. The Kier molecular flexibility index (Phi) is 6.77. The Hall–Kier alpha value is -0.650. The first-order valence-electron chi connectivity index (χ1n) is 13.2. The first-order chi connectivity index (χ1) is 15.0. The predicted molar refractivity (Wildman–Crippen MR) is 124 cm³/mol. The number of aliphatic hydroxyl groups excluding tert-OH is 2. The number of hydrogen-bond acceptors (Lipinski definition) is 4. The third kappa shape index (κ3) is 3.94. The van der Waals surface area contributed by atoms with E-state index in [0.717, 1.165) is 44.9 Å². The molecule has 5 heteroatoms. The van der Waals surface area contributed by atoms with Crippen molar-refractivity contribution in [2.24, 2.45) is 46.3 Å². The minimum Gasteiger partial charge on any atom is -0.481 e. The minimum absolute atomic E-state index is 0.163. The summed E-state index contributed by atoms with van der Waals surface area (Å²) in [6.45, 7) is 11.1. The Balaban J connectivity index is 1.56. The lowest BCUT2D eigenvalue weighted by molar-refractivity contribution is -0.210. The Labute approximate surface area is 194 Å². The number of hydrogen-bond donors (Lipinski definition) is 3. The van der Waals surface area contributed by atoms with E-state index >= 15 is 0 Å². The molecular formula is C27H46O5. The highest BCUT2D eigenvalue weighted by Gasteiger charge is 2.65. The first-order valence-corrected chi connectivity index (χ1v) is 13.2. The van der Waals surface area contributed by atoms with Crippen molar-refractivity contribution in [3.8, 4) is 0 Å². The summed E-state index contributed by atoms with van der Waals surface area (Å²) in [5, 5.41) is 32.2. The monoisotopic (exact) mass is 450 g/mol. The van der Waals surface area contributed by atoms with E-state index in [1.165, 1.54) is 0 Å². The molecule has 0 saturated heterocycles. The third-order valence-electron chi connectivity index (χ3n) is 10.8. The van der Waals surface area contributed by atoms with E-state index in [1.54, 1.807) is 0 Å². The van der Waals surface area contributed by atoms with Gasteiger partial charge >= 0.3 is 5.97 Å². The Morgan fingerprint density at radius 3 is 2.41 bits per heavy atom. The van der Waals surface area contributed by atoms with E-state index in [2.05, 4.69) is 34.6 Å². The molecule has 4 fully saturated rings. The van der Waals surface area contributed by atoms with Gasteiger partial charge in [-0.15, -0.1) is 0 Å². The van der Waals surface area contributed by atoms with Gasteiger partial charge in [-0.05, 0) is 112 Å². The van der Waals surface area contributed by atoms with Gasteiger partial charge in [0.2, 0.25) is 0 Å². The van der Waals surface area contributed by atoms with Gasteiger partial charge in [0.1, 0.15) is 0 Å². The second-order valence-electron chi connectivity index (χ2n) is 12.6. The van der Waals surface area contributed by atoms with Crippen LogP contribution in [0.15, 0.2) is 0 Å². The summed E-state index contributed by atoms with van der Waals surface area (Å²) in [4.78, 5) is 11.1. The molecule has 184 valence electrons. The predicted octanol–water partition coefficient (Wildman–Crippen LogP) is 4.88. The van der Waals surface area contributed by atoms with Crippen molar-refractivity contribution in [2.45, 2.75) is 117 Å². The van der Waals surface area contributed by atoms with Crippen LogP contribution in [0.5, 0.6) is 0 Å². The molecule has 11 atom stereocenters. The van der Waals surface area contributed by atoms with Crippen molar-refractivity contribution in [3.05, 3.63) is 0 Å². The van der Waals surface area contributed by atoms with E-state index in [0.29, 0.717) is 36.2 Å². The summed E-state index contributed by atoms with van der Waals surface area (Å²) >= 11 is 0. The first kappa shape index (κ1) is 24.5. The number of aliphatic carboxylic acids is 1. The topological polar surface area (TPSA) is 87.0 Å². The number of fused-ring (bicyclic) bond motifs is 5.